The number of thiophene rings is 1. The van der Waals surface area contributed by atoms with Gasteiger partial charge in [0.25, 0.3) is 0 Å². The Morgan fingerprint density at radius 2 is 1.12 bits per heavy atom. The fourth-order valence-corrected chi connectivity index (χ4v) is 8.80. The second-order valence-electron chi connectivity index (χ2n) is 12.4. The standard InChI is InChI=1S/C44H29N3S/c1-3-13-28(14-4-1)37-27-38(29-15-5-2-6-16-29)46-44(45-37)30-23-25-31(26-24-30)47-39-22-12-11-21-36(39)43-41(47)40-34-19-9-7-17-32(34)33-18-8-10-20-35(33)42(40)48-43/h1-27,37H,(H,45,46). The van der Waals surface area contributed by atoms with E-state index in [-0.39, 0.29) is 6.04 Å². The van der Waals surface area contributed by atoms with Crippen molar-refractivity contribution < 1.29 is 0 Å². The van der Waals surface area contributed by atoms with Gasteiger partial charge in [0.15, 0.2) is 0 Å². The van der Waals surface area contributed by atoms with Gasteiger partial charge in [0.05, 0.1) is 27.5 Å². The number of hydrogen-bond donors (Lipinski definition) is 1. The van der Waals surface area contributed by atoms with Crippen LogP contribution in [0.4, 0.5) is 0 Å². The highest BCUT2D eigenvalue weighted by atomic mass is 32.1. The van der Waals surface area contributed by atoms with Crippen LogP contribution in [0.1, 0.15) is 22.7 Å². The fourth-order valence-electron chi connectivity index (χ4n) is 7.42. The van der Waals surface area contributed by atoms with Crippen molar-refractivity contribution in [3.8, 4) is 5.69 Å². The van der Waals surface area contributed by atoms with Crippen molar-refractivity contribution in [3.63, 3.8) is 0 Å². The third kappa shape index (κ3) is 4.16. The molecule has 0 aliphatic carbocycles. The maximum atomic E-state index is 5.15. The number of aromatic nitrogens is 1. The molecule has 1 aliphatic heterocycles. The minimum Gasteiger partial charge on any atom is -0.359 e. The molecule has 3 heterocycles. The summed E-state index contributed by atoms with van der Waals surface area (Å²) in [6, 6.07) is 56.5. The topological polar surface area (TPSA) is 29.3 Å². The quantitative estimate of drug-likeness (QED) is 0.192. The average molecular weight is 632 g/mol. The lowest BCUT2D eigenvalue weighted by Crippen LogP contribution is -2.31. The summed E-state index contributed by atoms with van der Waals surface area (Å²) >= 11 is 1.92. The molecular formula is C44H29N3S. The maximum absolute atomic E-state index is 5.15. The van der Waals surface area contributed by atoms with Crippen molar-refractivity contribution in [3.05, 3.63) is 180 Å². The van der Waals surface area contributed by atoms with E-state index in [9.17, 15) is 0 Å². The lowest BCUT2D eigenvalue weighted by atomic mass is 9.98. The van der Waals surface area contributed by atoms with E-state index in [2.05, 4.69) is 168 Å². The van der Waals surface area contributed by atoms with Gasteiger partial charge in [0.1, 0.15) is 5.84 Å². The summed E-state index contributed by atoms with van der Waals surface area (Å²) in [5.41, 5.74) is 7.98. The summed E-state index contributed by atoms with van der Waals surface area (Å²) in [5, 5.41) is 11.6. The molecule has 7 aromatic carbocycles. The van der Waals surface area contributed by atoms with E-state index in [0.717, 1.165) is 28.3 Å². The van der Waals surface area contributed by atoms with Crippen LogP contribution in [0.2, 0.25) is 0 Å². The number of fused-ring (bicyclic) bond motifs is 10. The molecule has 1 unspecified atom stereocenters. The molecule has 0 bridgehead atoms. The molecule has 0 saturated carbocycles. The van der Waals surface area contributed by atoms with Crippen molar-refractivity contribution in [2.24, 2.45) is 4.99 Å². The lowest BCUT2D eigenvalue weighted by molar-refractivity contribution is 0.781. The van der Waals surface area contributed by atoms with Gasteiger partial charge in [-0.2, -0.15) is 0 Å². The van der Waals surface area contributed by atoms with Crippen molar-refractivity contribution in [1.82, 2.24) is 9.88 Å². The van der Waals surface area contributed by atoms with Crippen molar-refractivity contribution in [1.29, 1.82) is 0 Å². The summed E-state index contributed by atoms with van der Waals surface area (Å²) in [6.07, 6.45) is 2.22. The van der Waals surface area contributed by atoms with Crippen LogP contribution in [0.5, 0.6) is 0 Å². The van der Waals surface area contributed by atoms with Gasteiger partial charge in [-0.05, 0) is 63.7 Å². The fraction of sp³-hybridized carbons (Fsp3) is 0.0227. The number of nitrogens with zero attached hydrogens (tertiary/aromatic N) is 2. The third-order valence-corrected chi connectivity index (χ3v) is 10.9. The highest BCUT2D eigenvalue weighted by Gasteiger charge is 2.23. The first-order chi connectivity index (χ1) is 23.8. The highest BCUT2D eigenvalue weighted by Crippen LogP contribution is 2.48. The molecule has 0 amide bonds. The molecule has 1 aliphatic rings. The number of amidine groups is 1. The van der Waals surface area contributed by atoms with Gasteiger partial charge >= 0.3 is 0 Å². The SMILES string of the molecule is C1=C(c2ccccc2)N=C(c2ccc(-n3c4ccccc4c4sc5c6ccccc6c6ccccc6c5c43)cc2)NC1c1ccccc1. The Labute approximate surface area is 281 Å². The zero-order valence-electron chi connectivity index (χ0n) is 26.0. The van der Waals surface area contributed by atoms with E-state index in [0.29, 0.717) is 0 Å². The van der Waals surface area contributed by atoms with E-state index in [1.807, 2.05) is 17.4 Å². The summed E-state index contributed by atoms with van der Waals surface area (Å²) in [4.78, 5) is 5.15. The van der Waals surface area contributed by atoms with Crippen LogP contribution in [0.25, 0.3) is 64.1 Å². The Bertz CT molecular complexity index is 2730. The molecule has 0 radical (unpaired) electrons. The van der Waals surface area contributed by atoms with Gasteiger partial charge in [0, 0.05) is 32.1 Å². The molecule has 3 nitrogen and oxygen atoms in total. The zero-order chi connectivity index (χ0) is 31.6. The molecule has 2 aromatic heterocycles. The molecular weight excluding hydrogens is 603 g/mol. The summed E-state index contributed by atoms with van der Waals surface area (Å²) in [7, 11) is 0. The largest absolute Gasteiger partial charge is 0.359 e. The van der Waals surface area contributed by atoms with Crippen molar-refractivity contribution in [2.45, 2.75) is 6.04 Å². The van der Waals surface area contributed by atoms with Gasteiger partial charge in [0.2, 0.25) is 0 Å². The van der Waals surface area contributed by atoms with Crippen LogP contribution < -0.4 is 5.32 Å². The first-order valence-corrected chi connectivity index (χ1v) is 17.2. The molecule has 4 heteroatoms. The summed E-state index contributed by atoms with van der Waals surface area (Å²) in [5.74, 6) is 0.873. The Kier molecular flexibility index (Phi) is 6.11. The Morgan fingerprint density at radius 3 is 1.88 bits per heavy atom. The molecule has 0 spiro atoms. The van der Waals surface area contributed by atoms with E-state index in [4.69, 9.17) is 4.99 Å². The van der Waals surface area contributed by atoms with Crippen LogP contribution in [0.15, 0.2) is 169 Å². The van der Waals surface area contributed by atoms with Crippen LogP contribution in [-0.2, 0) is 0 Å². The van der Waals surface area contributed by atoms with Crippen LogP contribution in [0.3, 0.4) is 0 Å². The number of para-hydroxylation sites is 1. The number of hydrogen-bond acceptors (Lipinski definition) is 3. The smallest absolute Gasteiger partial charge is 0.134 e. The van der Waals surface area contributed by atoms with Gasteiger partial charge in [-0.1, -0.05) is 127 Å². The third-order valence-electron chi connectivity index (χ3n) is 9.63. The van der Waals surface area contributed by atoms with E-state index in [1.165, 1.54) is 58.3 Å². The number of rotatable bonds is 4. The van der Waals surface area contributed by atoms with Gasteiger partial charge in [-0.3, -0.25) is 0 Å². The maximum Gasteiger partial charge on any atom is 0.134 e. The first kappa shape index (κ1) is 27.2. The van der Waals surface area contributed by atoms with Gasteiger partial charge < -0.3 is 9.88 Å². The molecule has 9 aromatic rings. The van der Waals surface area contributed by atoms with Crippen LogP contribution >= 0.6 is 11.3 Å². The van der Waals surface area contributed by atoms with E-state index < -0.39 is 0 Å². The Balaban J connectivity index is 1.16. The second-order valence-corrected chi connectivity index (χ2v) is 13.4. The molecule has 10 rings (SSSR count). The second kappa shape index (κ2) is 10.8. The minimum absolute atomic E-state index is 0.0156. The zero-order valence-corrected chi connectivity index (χ0v) is 26.8. The molecule has 48 heavy (non-hydrogen) atoms. The van der Waals surface area contributed by atoms with E-state index >= 15 is 0 Å². The number of benzene rings is 7. The van der Waals surface area contributed by atoms with Gasteiger partial charge in [-0.25, -0.2) is 4.99 Å². The Hall–Kier alpha value is -5.97. The van der Waals surface area contributed by atoms with Crippen molar-refractivity contribution >= 4 is 75.6 Å². The summed E-state index contributed by atoms with van der Waals surface area (Å²) < 4.78 is 5.14. The molecule has 226 valence electrons. The van der Waals surface area contributed by atoms with Gasteiger partial charge in [-0.15, -0.1) is 11.3 Å². The van der Waals surface area contributed by atoms with Crippen LogP contribution in [-0.4, -0.2) is 10.4 Å². The predicted octanol–water partition coefficient (Wildman–Crippen LogP) is 11.4. The lowest BCUT2D eigenvalue weighted by Gasteiger charge is -2.24. The first-order valence-electron chi connectivity index (χ1n) is 16.4. The molecule has 1 N–H and O–H groups in total. The number of nitrogens with one attached hydrogen (secondary N) is 1. The summed E-state index contributed by atoms with van der Waals surface area (Å²) in [6.45, 7) is 0. The van der Waals surface area contributed by atoms with Crippen LogP contribution in [0, 0.1) is 0 Å². The van der Waals surface area contributed by atoms with E-state index in [1.54, 1.807) is 0 Å². The highest BCUT2D eigenvalue weighted by molar-refractivity contribution is 7.27. The normalized spacial score (nSPS) is 14.9. The average Bonchev–Trinajstić information content (AvgIpc) is 3.71. The molecule has 0 saturated heterocycles. The van der Waals surface area contributed by atoms with Crippen molar-refractivity contribution in [2.75, 3.05) is 0 Å². The number of aliphatic imine (C=N–C) groups is 1. The Morgan fingerprint density at radius 1 is 0.521 bits per heavy atom. The minimum atomic E-state index is 0.0156. The molecule has 1 atom stereocenters. The monoisotopic (exact) mass is 631 g/mol. The predicted molar refractivity (Wildman–Crippen MR) is 204 cm³/mol. The molecule has 0 fully saturated rings.